The summed E-state index contributed by atoms with van der Waals surface area (Å²) in [6.45, 7) is 7.23. The maximum Gasteiger partial charge on any atom is 0.309 e. The van der Waals surface area contributed by atoms with Gasteiger partial charge < -0.3 is 14.8 Å². The lowest BCUT2D eigenvalue weighted by Gasteiger charge is -2.38. The number of hydrogen-bond acceptors (Lipinski definition) is 5. The second kappa shape index (κ2) is 7.79. The number of fused-ring (bicyclic) bond motifs is 1. The van der Waals surface area contributed by atoms with Crippen molar-refractivity contribution >= 4 is 11.9 Å². The first kappa shape index (κ1) is 18.5. The number of carbonyl (C=O) groups excluding carboxylic acids is 2. The molecule has 5 nitrogen and oxygen atoms in total. The molecule has 5 heteroatoms. The zero-order chi connectivity index (χ0) is 17.9. The molecule has 0 bridgehead atoms. The van der Waals surface area contributed by atoms with Crippen LogP contribution in [0.15, 0.2) is 24.3 Å². The molecule has 0 saturated carbocycles. The maximum atomic E-state index is 12.2. The van der Waals surface area contributed by atoms with Crippen molar-refractivity contribution in [3.8, 4) is 0 Å². The summed E-state index contributed by atoms with van der Waals surface area (Å²) in [5.74, 6) is -0.913. The Bertz CT molecular complexity index is 597. The van der Waals surface area contributed by atoms with Crippen molar-refractivity contribution in [2.24, 2.45) is 11.8 Å². The molecule has 3 unspecified atom stereocenters. The average Bonchev–Trinajstić information content (AvgIpc) is 2.54. The number of carbonyl (C=O) groups is 2. The van der Waals surface area contributed by atoms with Crippen molar-refractivity contribution in [1.82, 2.24) is 5.32 Å². The van der Waals surface area contributed by atoms with E-state index in [-0.39, 0.29) is 35.9 Å². The molecule has 1 aromatic carbocycles. The van der Waals surface area contributed by atoms with Gasteiger partial charge in [0.15, 0.2) is 0 Å². The molecule has 1 aromatic rings. The molecule has 24 heavy (non-hydrogen) atoms. The third-order valence-corrected chi connectivity index (χ3v) is 4.30. The Labute approximate surface area is 143 Å². The van der Waals surface area contributed by atoms with Crippen molar-refractivity contribution in [2.75, 3.05) is 7.05 Å². The lowest BCUT2D eigenvalue weighted by Crippen LogP contribution is -2.50. The first-order valence-corrected chi connectivity index (χ1v) is 8.51. The van der Waals surface area contributed by atoms with Crippen LogP contribution in [0.4, 0.5) is 0 Å². The summed E-state index contributed by atoms with van der Waals surface area (Å²) in [4.78, 5) is 24.2. The first-order valence-electron chi connectivity index (χ1n) is 8.51. The van der Waals surface area contributed by atoms with Crippen molar-refractivity contribution in [3.63, 3.8) is 0 Å². The Kier molecular flexibility index (Phi) is 5.99. The minimum absolute atomic E-state index is 0.198. The van der Waals surface area contributed by atoms with Crippen LogP contribution in [0.1, 0.15) is 44.9 Å². The first-order chi connectivity index (χ1) is 11.3. The summed E-state index contributed by atoms with van der Waals surface area (Å²) < 4.78 is 11.5. The van der Waals surface area contributed by atoms with Crippen molar-refractivity contribution in [1.29, 1.82) is 0 Å². The Morgan fingerprint density at radius 1 is 1.04 bits per heavy atom. The fourth-order valence-corrected chi connectivity index (χ4v) is 2.87. The third-order valence-electron chi connectivity index (χ3n) is 4.30. The molecular formula is C19H27NO4. The van der Waals surface area contributed by atoms with Gasteiger partial charge >= 0.3 is 11.9 Å². The van der Waals surface area contributed by atoms with Crippen LogP contribution >= 0.6 is 0 Å². The number of likely N-dealkylation sites (N-methyl/N-ethyl adjacent to an activating group) is 1. The summed E-state index contributed by atoms with van der Waals surface area (Å²) in [6, 6.07) is 7.57. The van der Waals surface area contributed by atoms with Gasteiger partial charge in [0, 0.05) is 6.42 Å². The molecule has 2 rings (SSSR count). The van der Waals surface area contributed by atoms with Gasteiger partial charge in [-0.3, -0.25) is 9.59 Å². The summed E-state index contributed by atoms with van der Waals surface area (Å²) >= 11 is 0. The highest BCUT2D eigenvalue weighted by molar-refractivity contribution is 5.73. The van der Waals surface area contributed by atoms with Gasteiger partial charge in [0.2, 0.25) is 0 Å². The van der Waals surface area contributed by atoms with E-state index in [9.17, 15) is 9.59 Å². The van der Waals surface area contributed by atoms with Crippen molar-refractivity contribution < 1.29 is 19.1 Å². The van der Waals surface area contributed by atoms with E-state index in [4.69, 9.17) is 9.47 Å². The molecular weight excluding hydrogens is 306 g/mol. The monoisotopic (exact) mass is 333 g/mol. The molecule has 0 saturated heterocycles. The summed E-state index contributed by atoms with van der Waals surface area (Å²) in [6.07, 6.45) is -0.236. The molecule has 0 fully saturated rings. The Morgan fingerprint density at radius 3 is 2.21 bits per heavy atom. The van der Waals surface area contributed by atoms with Crippen LogP contribution in [-0.4, -0.2) is 31.1 Å². The summed E-state index contributed by atoms with van der Waals surface area (Å²) in [5, 5.41) is 3.18. The highest BCUT2D eigenvalue weighted by Gasteiger charge is 2.40. The van der Waals surface area contributed by atoms with E-state index in [1.807, 2.05) is 52.0 Å². The minimum Gasteiger partial charge on any atom is -0.460 e. The second-order valence-electron chi connectivity index (χ2n) is 6.86. The maximum absolute atomic E-state index is 12.2. The molecule has 132 valence electrons. The highest BCUT2D eigenvalue weighted by Crippen LogP contribution is 2.35. The molecule has 1 N–H and O–H groups in total. The highest BCUT2D eigenvalue weighted by atomic mass is 16.6. The van der Waals surface area contributed by atoms with E-state index in [0.717, 1.165) is 11.1 Å². The largest absolute Gasteiger partial charge is 0.460 e. The summed E-state index contributed by atoms with van der Waals surface area (Å²) in [7, 11) is 1.80. The van der Waals surface area contributed by atoms with E-state index in [1.165, 1.54) is 0 Å². The molecule has 1 aliphatic carbocycles. The van der Waals surface area contributed by atoms with Crippen LogP contribution in [0.2, 0.25) is 0 Å². The van der Waals surface area contributed by atoms with Gasteiger partial charge in [0.05, 0.1) is 17.9 Å². The van der Waals surface area contributed by atoms with Crippen molar-refractivity contribution in [3.05, 3.63) is 35.4 Å². The zero-order valence-corrected chi connectivity index (χ0v) is 15.0. The standard InChI is InChI=1S/C19H27NO4/c1-11(2)18(21)23-15-10-13-8-6-7-9-14(13)17(16(15)20-5)24-19(22)12(3)4/h6-9,11-12,15-17,20H,10H2,1-5H3. The lowest BCUT2D eigenvalue weighted by molar-refractivity contribution is -0.164. The van der Waals surface area contributed by atoms with Crippen LogP contribution in [0.5, 0.6) is 0 Å². The SMILES string of the molecule is CNC1C(OC(=O)C(C)C)Cc2ccccc2C1OC(=O)C(C)C. The number of hydrogen-bond donors (Lipinski definition) is 1. The van der Waals surface area contributed by atoms with Gasteiger partial charge in [-0.1, -0.05) is 52.0 Å². The van der Waals surface area contributed by atoms with Gasteiger partial charge in [-0.2, -0.15) is 0 Å². The topological polar surface area (TPSA) is 64.6 Å². The Morgan fingerprint density at radius 2 is 1.62 bits per heavy atom. The van der Waals surface area contributed by atoms with E-state index < -0.39 is 6.10 Å². The predicted octanol–water partition coefficient (Wildman–Crippen LogP) is 2.64. The predicted molar refractivity (Wildman–Crippen MR) is 91.4 cm³/mol. The molecule has 0 heterocycles. The number of esters is 2. The van der Waals surface area contributed by atoms with Crippen LogP contribution < -0.4 is 5.32 Å². The fourth-order valence-electron chi connectivity index (χ4n) is 2.87. The van der Waals surface area contributed by atoms with Gasteiger partial charge in [-0.05, 0) is 18.2 Å². The van der Waals surface area contributed by atoms with Crippen LogP contribution in [0, 0.1) is 11.8 Å². The molecule has 0 spiro atoms. The van der Waals surface area contributed by atoms with Crippen LogP contribution in [0.25, 0.3) is 0 Å². The van der Waals surface area contributed by atoms with Gasteiger partial charge in [0.25, 0.3) is 0 Å². The normalized spacial score (nSPS) is 23.0. The van der Waals surface area contributed by atoms with E-state index in [1.54, 1.807) is 7.05 Å². The van der Waals surface area contributed by atoms with Gasteiger partial charge in [-0.15, -0.1) is 0 Å². The smallest absolute Gasteiger partial charge is 0.309 e. The van der Waals surface area contributed by atoms with E-state index >= 15 is 0 Å². The fraction of sp³-hybridized carbons (Fsp3) is 0.579. The number of nitrogens with one attached hydrogen (secondary N) is 1. The molecule has 1 aliphatic rings. The number of benzene rings is 1. The van der Waals surface area contributed by atoms with Gasteiger partial charge in [0.1, 0.15) is 12.2 Å². The number of rotatable bonds is 5. The Balaban J connectivity index is 2.34. The second-order valence-corrected chi connectivity index (χ2v) is 6.86. The zero-order valence-electron chi connectivity index (χ0n) is 15.0. The number of ether oxygens (including phenoxy) is 2. The third kappa shape index (κ3) is 3.96. The molecule has 0 radical (unpaired) electrons. The summed E-state index contributed by atoms with van der Waals surface area (Å²) in [5.41, 5.74) is 2.02. The van der Waals surface area contributed by atoms with Crippen LogP contribution in [-0.2, 0) is 25.5 Å². The van der Waals surface area contributed by atoms with Gasteiger partial charge in [-0.25, -0.2) is 0 Å². The molecule has 0 aromatic heterocycles. The molecule has 0 aliphatic heterocycles. The quantitative estimate of drug-likeness (QED) is 0.839. The average molecular weight is 333 g/mol. The van der Waals surface area contributed by atoms with E-state index in [0.29, 0.717) is 6.42 Å². The lowest BCUT2D eigenvalue weighted by atomic mass is 9.83. The van der Waals surface area contributed by atoms with E-state index in [2.05, 4.69) is 5.32 Å². The molecule has 0 amide bonds. The van der Waals surface area contributed by atoms with Crippen LogP contribution in [0.3, 0.4) is 0 Å². The van der Waals surface area contributed by atoms with Crippen molar-refractivity contribution in [2.45, 2.75) is 52.4 Å². The Hall–Kier alpha value is -1.88. The molecule has 3 atom stereocenters. The minimum atomic E-state index is -0.472.